The molecule has 1 saturated heterocycles. The number of carbonyl (C=O) groups is 2. The Bertz CT molecular complexity index is 555. The lowest BCUT2D eigenvalue weighted by atomic mass is 9.88. The third kappa shape index (κ3) is 4.74. The number of rotatable bonds is 2. The fourth-order valence-corrected chi connectivity index (χ4v) is 3.33. The third-order valence-corrected chi connectivity index (χ3v) is 5.11. The van der Waals surface area contributed by atoms with Crippen molar-refractivity contribution in [2.45, 2.75) is 71.0 Å². The highest BCUT2D eigenvalue weighted by Gasteiger charge is 2.50. The van der Waals surface area contributed by atoms with Gasteiger partial charge in [-0.05, 0) is 70.9 Å². The highest BCUT2D eigenvalue weighted by molar-refractivity contribution is 5.97. The molecule has 2 aliphatic rings. The maximum Gasteiger partial charge on any atom is 0.163 e. The third-order valence-electron chi connectivity index (χ3n) is 5.11. The van der Waals surface area contributed by atoms with Crippen LogP contribution in [0.15, 0.2) is 35.5 Å². The van der Waals surface area contributed by atoms with Crippen LogP contribution in [0, 0.1) is 5.92 Å². The number of ketones is 1. The summed E-state index contributed by atoms with van der Waals surface area (Å²) in [5.74, 6) is -0.192. The quantitative estimate of drug-likeness (QED) is 0.433. The van der Waals surface area contributed by atoms with Gasteiger partial charge in [0.15, 0.2) is 5.78 Å². The van der Waals surface area contributed by atoms with E-state index in [1.165, 1.54) is 11.6 Å². The molecule has 1 fully saturated rings. The number of aldehydes is 1. The van der Waals surface area contributed by atoms with Crippen molar-refractivity contribution in [3.63, 3.8) is 0 Å². The minimum absolute atomic E-state index is 0.00364. The first-order valence-corrected chi connectivity index (χ1v) is 8.54. The van der Waals surface area contributed by atoms with Gasteiger partial charge in [0.2, 0.25) is 0 Å². The highest BCUT2D eigenvalue weighted by Crippen LogP contribution is 2.43. The standard InChI is InChI=1S/C20H28O3/c1-14(2)17-9-7-15(3)6-5-11-20(4)19(23-20)10-8-16(13-21)12-18(17)22/h6,12-13,17,19H,1,5,7-11H2,2-4H3/b15-6+,16-12?/t17-,19-,20-/m1/s1. The molecule has 0 radical (unpaired) electrons. The van der Waals surface area contributed by atoms with Gasteiger partial charge >= 0.3 is 0 Å². The molecular weight excluding hydrogens is 288 g/mol. The van der Waals surface area contributed by atoms with E-state index in [2.05, 4.69) is 26.5 Å². The van der Waals surface area contributed by atoms with E-state index in [-0.39, 0.29) is 23.4 Å². The summed E-state index contributed by atoms with van der Waals surface area (Å²) < 4.78 is 5.82. The van der Waals surface area contributed by atoms with E-state index < -0.39 is 0 Å². The van der Waals surface area contributed by atoms with Crippen molar-refractivity contribution in [3.8, 4) is 0 Å². The van der Waals surface area contributed by atoms with Crippen LogP contribution in [0.5, 0.6) is 0 Å². The van der Waals surface area contributed by atoms with E-state index in [0.717, 1.165) is 44.0 Å². The van der Waals surface area contributed by atoms with Gasteiger partial charge in [0.1, 0.15) is 6.29 Å². The molecule has 3 heteroatoms. The smallest absolute Gasteiger partial charge is 0.163 e. The Balaban J connectivity index is 2.18. The van der Waals surface area contributed by atoms with Gasteiger partial charge in [-0.15, -0.1) is 0 Å². The molecule has 1 aliphatic carbocycles. The molecule has 0 unspecified atom stereocenters. The molecule has 126 valence electrons. The van der Waals surface area contributed by atoms with Crippen LogP contribution in [-0.4, -0.2) is 23.8 Å². The van der Waals surface area contributed by atoms with Crippen LogP contribution in [0.2, 0.25) is 0 Å². The molecule has 0 N–H and O–H groups in total. The molecule has 0 spiro atoms. The number of ether oxygens (including phenoxy) is 1. The average Bonchev–Trinajstić information content (AvgIpc) is 3.13. The minimum Gasteiger partial charge on any atom is -0.366 e. The molecule has 3 atom stereocenters. The van der Waals surface area contributed by atoms with E-state index in [1.54, 1.807) is 0 Å². The summed E-state index contributed by atoms with van der Waals surface area (Å²) in [5, 5.41) is 0. The zero-order valence-electron chi connectivity index (χ0n) is 14.6. The lowest BCUT2D eigenvalue weighted by Gasteiger charge is -2.15. The Morgan fingerprint density at radius 3 is 2.78 bits per heavy atom. The van der Waals surface area contributed by atoms with Crippen molar-refractivity contribution in [3.05, 3.63) is 35.5 Å². The summed E-state index contributed by atoms with van der Waals surface area (Å²) in [4.78, 5) is 23.8. The molecule has 0 aromatic carbocycles. The largest absolute Gasteiger partial charge is 0.366 e. The van der Waals surface area contributed by atoms with Gasteiger partial charge in [0, 0.05) is 5.92 Å². The number of hydrogen-bond donors (Lipinski definition) is 0. The molecule has 0 aromatic heterocycles. The summed E-state index contributed by atoms with van der Waals surface area (Å²) in [6, 6.07) is 0. The molecule has 0 amide bonds. The van der Waals surface area contributed by atoms with Crippen molar-refractivity contribution < 1.29 is 14.3 Å². The van der Waals surface area contributed by atoms with Gasteiger partial charge in [0.25, 0.3) is 0 Å². The molecule has 1 aliphatic heterocycles. The number of hydrogen-bond acceptors (Lipinski definition) is 3. The summed E-state index contributed by atoms with van der Waals surface area (Å²) in [6.07, 6.45) is 9.86. The van der Waals surface area contributed by atoms with Gasteiger partial charge in [-0.2, -0.15) is 0 Å². The van der Waals surface area contributed by atoms with Crippen molar-refractivity contribution in [1.29, 1.82) is 0 Å². The molecule has 0 aromatic rings. The fraction of sp³-hybridized carbons (Fsp3) is 0.600. The van der Waals surface area contributed by atoms with Gasteiger partial charge in [-0.1, -0.05) is 23.8 Å². The molecule has 23 heavy (non-hydrogen) atoms. The Morgan fingerprint density at radius 1 is 1.39 bits per heavy atom. The zero-order chi connectivity index (χ0) is 17.0. The SMILES string of the molecule is C=C(C)[C@H]1CC/C(C)=C/CC[C@@]2(C)O[C@@H]2CCC(C=O)=CC1=O. The van der Waals surface area contributed by atoms with Crippen molar-refractivity contribution in [2.24, 2.45) is 5.92 Å². The minimum atomic E-state index is -0.196. The molecule has 0 bridgehead atoms. The van der Waals surface area contributed by atoms with Gasteiger partial charge in [-0.3, -0.25) is 9.59 Å². The van der Waals surface area contributed by atoms with Crippen LogP contribution in [0.4, 0.5) is 0 Å². The second-order valence-corrected chi connectivity index (χ2v) is 7.22. The van der Waals surface area contributed by atoms with E-state index in [9.17, 15) is 9.59 Å². The molecule has 2 rings (SSSR count). The maximum absolute atomic E-state index is 12.5. The maximum atomic E-state index is 12.5. The molecular formula is C20H28O3. The second-order valence-electron chi connectivity index (χ2n) is 7.22. The van der Waals surface area contributed by atoms with Crippen molar-refractivity contribution in [1.82, 2.24) is 0 Å². The van der Waals surface area contributed by atoms with E-state index in [4.69, 9.17) is 4.74 Å². The Kier molecular flexibility index (Phi) is 5.74. The monoisotopic (exact) mass is 316 g/mol. The van der Waals surface area contributed by atoms with Crippen molar-refractivity contribution in [2.75, 3.05) is 0 Å². The van der Waals surface area contributed by atoms with Crippen LogP contribution >= 0.6 is 0 Å². The number of carbonyl (C=O) groups excluding carboxylic acids is 2. The fourth-order valence-electron chi connectivity index (χ4n) is 3.33. The molecule has 1 heterocycles. The van der Waals surface area contributed by atoms with Crippen LogP contribution in [0.1, 0.15) is 59.3 Å². The first kappa shape index (κ1) is 17.9. The van der Waals surface area contributed by atoms with Gasteiger partial charge < -0.3 is 4.74 Å². The summed E-state index contributed by atoms with van der Waals surface area (Å²) in [7, 11) is 0. The normalized spacial score (nSPS) is 35.2. The van der Waals surface area contributed by atoms with Gasteiger partial charge in [-0.25, -0.2) is 0 Å². The van der Waals surface area contributed by atoms with E-state index >= 15 is 0 Å². The Labute approximate surface area is 139 Å². The predicted octanol–water partition coefficient (Wildman–Crippen LogP) is 4.33. The van der Waals surface area contributed by atoms with Crippen LogP contribution in [0.25, 0.3) is 0 Å². The van der Waals surface area contributed by atoms with E-state index in [1.807, 2.05) is 6.92 Å². The lowest BCUT2D eigenvalue weighted by molar-refractivity contribution is -0.117. The van der Waals surface area contributed by atoms with Crippen LogP contribution < -0.4 is 0 Å². The molecule has 0 saturated carbocycles. The number of epoxide rings is 1. The number of fused-ring (bicyclic) bond motifs is 1. The van der Waals surface area contributed by atoms with Gasteiger partial charge in [0.05, 0.1) is 11.7 Å². The summed E-state index contributed by atoms with van der Waals surface area (Å²) in [6.45, 7) is 10.1. The average molecular weight is 316 g/mol. The summed E-state index contributed by atoms with van der Waals surface area (Å²) >= 11 is 0. The molecule has 3 nitrogen and oxygen atoms in total. The summed E-state index contributed by atoms with van der Waals surface area (Å²) in [5.41, 5.74) is 2.69. The predicted molar refractivity (Wildman–Crippen MR) is 92.2 cm³/mol. The topological polar surface area (TPSA) is 46.7 Å². The first-order valence-electron chi connectivity index (χ1n) is 8.54. The zero-order valence-corrected chi connectivity index (χ0v) is 14.6. The Hall–Kier alpha value is -1.48. The van der Waals surface area contributed by atoms with E-state index in [0.29, 0.717) is 12.0 Å². The van der Waals surface area contributed by atoms with Crippen molar-refractivity contribution >= 4 is 12.1 Å². The lowest BCUT2D eigenvalue weighted by Crippen LogP contribution is -2.15. The first-order chi connectivity index (χ1) is 10.9. The van der Waals surface area contributed by atoms with Crippen LogP contribution in [-0.2, 0) is 14.3 Å². The highest BCUT2D eigenvalue weighted by atomic mass is 16.6. The number of allylic oxidation sites excluding steroid dienone is 5. The van der Waals surface area contributed by atoms with Crippen LogP contribution in [0.3, 0.4) is 0 Å². The Morgan fingerprint density at radius 2 is 2.13 bits per heavy atom. The second kappa shape index (κ2) is 7.39.